The zero-order valence-corrected chi connectivity index (χ0v) is 12.7. The second-order valence-corrected chi connectivity index (χ2v) is 5.98. The van der Waals surface area contributed by atoms with Gasteiger partial charge in [0.15, 0.2) is 0 Å². The van der Waals surface area contributed by atoms with Crippen LogP contribution < -0.4 is 5.32 Å². The van der Waals surface area contributed by atoms with Crippen LogP contribution in [0.5, 0.6) is 0 Å². The maximum atomic E-state index is 3.67. The summed E-state index contributed by atoms with van der Waals surface area (Å²) in [6, 6.07) is 13.5. The van der Waals surface area contributed by atoms with Crippen molar-refractivity contribution in [1.29, 1.82) is 0 Å². The Hall–Kier alpha value is -1.12. The van der Waals surface area contributed by atoms with Gasteiger partial charge in [0, 0.05) is 10.9 Å². The molecule has 0 bridgehead atoms. The predicted molar refractivity (Wildman–Crippen MR) is 84.9 cm³/mol. The molecule has 0 aliphatic carbocycles. The molecule has 1 unspecified atom stereocenters. The van der Waals surface area contributed by atoms with E-state index >= 15 is 0 Å². The summed E-state index contributed by atoms with van der Waals surface area (Å²) in [5, 5.41) is 5.87. The molecule has 2 heteroatoms. The van der Waals surface area contributed by atoms with E-state index in [1.165, 1.54) is 35.3 Å². The number of thiophene rings is 1. The first-order valence-electron chi connectivity index (χ1n) is 7.12. The van der Waals surface area contributed by atoms with Crippen LogP contribution in [-0.4, -0.2) is 6.54 Å². The van der Waals surface area contributed by atoms with Crippen LogP contribution in [0.4, 0.5) is 0 Å². The average molecular weight is 273 g/mol. The highest BCUT2D eigenvalue weighted by molar-refractivity contribution is 7.10. The summed E-state index contributed by atoms with van der Waals surface area (Å²) in [7, 11) is 0. The Morgan fingerprint density at radius 2 is 1.95 bits per heavy atom. The number of rotatable bonds is 7. The predicted octanol–water partition coefficient (Wildman–Crippen LogP) is 4.73. The van der Waals surface area contributed by atoms with Crippen molar-refractivity contribution in [2.75, 3.05) is 6.54 Å². The van der Waals surface area contributed by atoms with Gasteiger partial charge in [-0.2, -0.15) is 0 Å². The lowest BCUT2D eigenvalue weighted by Gasteiger charge is -2.19. The SMILES string of the molecule is CCCNC(CCc1sccc1C)c1ccccc1. The zero-order chi connectivity index (χ0) is 13.5. The third kappa shape index (κ3) is 4.19. The lowest BCUT2D eigenvalue weighted by molar-refractivity contribution is 0.500. The summed E-state index contributed by atoms with van der Waals surface area (Å²) in [5.41, 5.74) is 2.84. The van der Waals surface area contributed by atoms with Crippen molar-refractivity contribution in [2.45, 2.75) is 39.2 Å². The third-order valence-electron chi connectivity index (χ3n) is 3.47. The first-order valence-corrected chi connectivity index (χ1v) is 8.00. The van der Waals surface area contributed by atoms with E-state index in [2.05, 4.69) is 60.9 Å². The molecule has 1 aromatic heterocycles. The topological polar surface area (TPSA) is 12.0 Å². The molecule has 0 saturated heterocycles. The van der Waals surface area contributed by atoms with Crippen LogP contribution in [-0.2, 0) is 6.42 Å². The molecule has 102 valence electrons. The van der Waals surface area contributed by atoms with Gasteiger partial charge in [0.05, 0.1) is 0 Å². The molecule has 0 spiro atoms. The van der Waals surface area contributed by atoms with Gasteiger partial charge in [0.25, 0.3) is 0 Å². The Balaban J connectivity index is 2.00. The fourth-order valence-corrected chi connectivity index (χ4v) is 3.25. The molecule has 1 N–H and O–H groups in total. The number of nitrogens with one attached hydrogen (secondary N) is 1. The summed E-state index contributed by atoms with van der Waals surface area (Å²) >= 11 is 1.88. The third-order valence-corrected chi connectivity index (χ3v) is 4.55. The fraction of sp³-hybridized carbons (Fsp3) is 0.412. The molecule has 0 aliphatic rings. The van der Waals surface area contributed by atoms with Crippen LogP contribution in [0.15, 0.2) is 41.8 Å². The maximum absolute atomic E-state index is 3.67. The van der Waals surface area contributed by atoms with E-state index < -0.39 is 0 Å². The van der Waals surface area contributed by atoms with Gasteiger partial charge in [-0.15, -0.1) is 11.3 Å². The smallest absolute Gasteiger partial charge is 0.0323 e. The lowest BCUT2D eigenvalue weighted by atomic mass is 10.0. The van der Waals surface area contributed by atoms with Crippen LogP contribution >= 0.6 is 11.3 Å². The Kier molecular flexibility index (Phi) is 5.62. The molecule has 19 heavy (non-hydrogen) atoms. The molecular formula is C17H23NS. The molecule has 1 aromatic carbocycles. The van der Waals surface area contributed by atoms with Crippen LogP contribution in [0.2, 0.25) is 0 Å². The molecule has 0 fully saturated rings. The number of hydrogen-bond acceptors (Lipinski definition) is 2. The van der Waals surface area contributed by atoms with Gasteiger partial charge in [-0.05, 0) is 55.3 Å². The highest BCUT2D eigenvalue weighted by Gasteiger charge is 2.11. The van der Waals surface area contributed by atoms with Gasteiger partial charge in [0.2, 0.25) is 0 Å². The minimum atomic E-state index is 0.475. The molecule has 0 radical (unpaired) electrons. The van der Waals surface area contributed by atoms with Gasteiger partial charge in [-0.1, -0.05) is 37.3 Å². The van der Waals surface area contributed by atoms with Crippen molar-refractivity contribution >= 4 is 11.3 Å². The second-order valence-electron chi connectivity index (χ2n) is 4.98. The molecule has 0 saturated carbocycles. The van der Waals surface area contributed by atoms with E-state index in [1.807, 2.05) is 11.3 Å². The molecule has 1 heterocycles. The van der Waals surface area contributed by atoms with Crippen molar-refractivity contribution in [3.05, 3.63) is 57.8 Å². The monoisotopic (exact) mass is 273 g/mol. The van der Waals surface area contributed by atoms with Gasteiger partial charge in [0.1, 0.15) is 0 Å². The first-order chi connectivity index (χ1) is 9.31. The highest BCUT2D eigenvalue weighted by atomic mass is 32.1. The molecule has 1 nitrogen and oxygen atoms in total. The molecule has 1 atom stereocenters. The van der Waals surface area contributed by atoms with E-state index in [-0.39, 0.29) is 0 Å². The Morgan fingerprint density at radius 3 is 2.58 bits per heavy atom. The number of aryl methyl sites for hydroxylation is 2. The van der Waals surface area contributed by atoms with E-state index in [9.17, 15) is 0 Å². The summed E-state index contributed by atoms with van der Waals surface area (Å²) in [5.74, 6) is 0. The largest absolute Gasteiger partial charge is 0.310 e. The molecular weight excluding hydrogens is 250 g/mol. The fourth-order valence-electron chi connectivity index (χ4n) is 2.33. The van der Waals surface area contributed by atoms with Gasteiger partial charge >= 0.3 is 0 Å². The van der Waals surface area contributed by atoms with Crippen molar-refractivity contribution < 1.29 is 0 Å². The van der Waals surface area contributed by atoms with Crippen molar-refractivity contribution in [3.63, 3.8) is 0 Å². The van der Waals surface area contributed by atoms with Gasteiger partial charge in [-0.25, -0.2) is 0 Å². The molecule has 0 aliphatic heterocycles. The van der Waals surface area contributed by atoms with Crippen molar-refractivity contribution in [3.8, 4) is 0 Å². The Morgan fingerprint density at radius 1 is 1.16 bits per heavy atom. The normalized spacial score (nSPS) is 12.5. The van der Waals surface area contributed by atoms with Gasteiger partial charge in [-0.3, -0.25) is 0 Å². The Labute approximate surface area is 120 Å². The summed E-state index contributed by atoms with van der Waals surface area (Å²) in [6.45, 7) is 5.52. The summed E-state index contributed by atoms with van der Waals surface area (Å²) in [6.07, 6.45) is 3.52. The van der Waals surface area contributed by atoms with Crippen LogP contribution in [0.1, 0.15) is 41.8 Å². The van der Waals surface area contributed by atoms with E-state index in [4.69, 9.17) is 0 Å². The van der Waals surface area contributed by atoms with E-state index in [0.717, 1.165) is 6.54 Å². The first kappa shape index (κ1) is 14.3. The maximum Gasteiger partial charge on any atom is 0.0323 e. The quantitative estimate of drug-likeness (QED) is 0.769. The minimum absolute atomic E-state index is 0.475. The van der Waals surface area contributed by atoms with Crippen LogP contribution in [0, 0.1) is 6.92 Å². The van der Waals surface area contributed by atoms with E-state index in [0.29, 0.717) is 6.04 Å². The number of benzene rings is 1. The van der Waals surface area contributed by atoms with Crippen molar-refractivity contribution in [2.24, 2.45) is 0 Å². The van der Waals surface area contributed by atoms with Crippen LogP contribution in [0.25, 0.3) is 0 Å². The highest BCUT2D eigenvalue weighted by Crippen LogP contribution is 2.23. The number of hydrogen-bond donors (Lipinski definition) is 1. The van der Waals surface area contributed by atoms with Gasteiger partial charge < -0.3 is 5.32 Å². The van der Waals surface area contributed by atoms with Crippen molar-refractivity contribution in [1.82, 2.24) is 5.32 Å². The van der Waals surface area contributed by atoms with Crippen LogP contribution in [0.3, 0.4) is 0 Å². The summed E-state index contributed by atoms with van der Waals surface area (Å²) in [4.78, 5) is 1.53. The standard InChI is InChI=1S/C17H23NS/c1-3-12-18-16(15-7-5-4-6-8-15)9-10-17-14(2)11-13-19-17/h4-8,11,13,16,18H,3,9-10,12H2,1-2H3. The summed E-state index contributed by atoms with van der Waals surface area (Å²) < 4.78 is 0. The average Bonchev–Trinajstić information content (AvgIpc) is 2.85. The molecule has 2 aromatic rings. The second kappa shape index (κ2) is 7.46. The molecule has 0 amide bonds. The zero-order valence-electron chi connectivity index (χ0n) is 11.9. The Bertz CT molecular complexity index is 475. The minimum Gasteiger partial charge on any atom is -0.310 e. The van der Waals surface area contributed by atoms with E-state index in [1.54, 1.807) is 0 Å². The lowest BCUT2D eigenvalue weighted by Crippen LogP contribution is -2.22. The molecule has 2 rings (SSSR count).